The highest BCUT2D eigenvalue weighted by Crippen LogP contribution is 2.32. The van der Waals surface area contributed by atoms with E-state index >= 15 is 0 Å². The second-order valence-corrected chi connectivity index (χ2v) is 4.20. The van der Waals surface area contributed by atoms with E-state index in [1.165, 1.54) is 0 Å². The molecule has 0 spiro atoms. The maximum atomic E-state index is 11.8. The van der Waals surface area contributed by atoms with Crippen molar-refractivity contribution < 1.29 is 9.53 Å². The fourth-order valence-electron chi connectivity index (χ4n) is 2.02. The van der Waals surface area contributed by atoms with Crippen molar-refractivity contribution in [2.75, 3.05) is 7.11 Å². The molecule has 0 saturated carbocycles. The highest BCUT2D eigenvalue weighted by atomic mass is 35.5. The van der Waals surface area contributed by atoms with Crippen LogP contribution in [0.2, 0.25) is 5.02 Å². The second kappa shape index (κ2) is 4.23. The number of halogens is 1. The summed E-state index contributed by atoms with van der Waals surface area (Å²) in [5.74, 6) is 0.927. The molecule has 0 fully saturated rings. The minimum absolute atomic E-state index is 0.184. The Morgan fingerprint density at radius 1 is 1.27 bits per heavy atom. The summed E-state index contributed by atoms with van der Waals surface area (Å²) in [6.45, 7) is 0. The first kappa shape index (κ1) is 10.5. The van der Waals surface area contributed by atoms with Gasteiger partial charge in [-0.05, 0) is 31.4 Å². The number of carbonyl (C=O) groups is 1. The van der Waals surface area contributed by atoms with E-state index in [0.29, 0.717) is 11.4 Å². The average Bonchev–Trinajstić information content (AvgIpc) is 2.40. The van der Waals surface area contributed by atoms with Crippen LogP contribution in [0.25, 0.3) is 0 Å². The minimum atomic E-state index is 0.184. The third-order valence-electron chi connectivity index (χ3n) is 2.77. The van der Waals surface area contributed by atoms with Crippen molar-refractivity contribution in [2.45, 2.75) is 25.7 Å². The molecule has 0 heterocycles. The third kappa shape index (κ3) is 2.00. The zero-order valence-electron chi connectivity index (χ0n) is 8.68. The summed E-state index contributed by atoms with van der Waals surface area (Å²) in [5, 5.41) is 0.570. The number of benzene rings is 1. The van der Waals surface area contributed by atoms with Gasteiger partial charge in [-0.2, -0.15) is 0 Å². The molecule has 0 N–H and O–H groups in total. The van der Waals surface area contributed by atoms with Crippen LogP contribution in [0.5, 0.6) is 5.75 Å². The van der Waals surface area contributed by atoms with Crippen LogP contribution in [0.15, 0.2) is 12.1 Å². The van der Waals surface area contributed by atoms with Gasteiger partial charge < -0.3 is 4.74 Å². The van der Waals surface area contributed by atoms with Crippen molar-refractivity contribution in [3.63, 3.8) is 0 Å². The lowest BCUT2D eigenvalue weighted by atomic mass is 10.0. The first-order valence-electron chi connectivity index (χ1n) is 5.12. The van der Waals surface area contributed by atoms with Crippen LogP contribution in [-0.2, 0) is 6.42 Å². The van der Waals surface area contributed by atoms with Gasteiger partial charge in [-0.3, -0.25) is 4.79 Å². The van der Waals surface area contributed by atoms with E-state index < -0.39 is 0 Å². The predicted molar refractivity (Wildman–Crippen MR) is 59.9 cm³/mol. The summed E-state index contributed by atoms with van der Waals surface area (Å²) in [5.41, 5.74) is 1.77. The largest absolute Gasteiger partial charge is 0.496 e. The number of rotatable bonds is 1. The van der Waals surface area contributed by atoms with Crippen LogP contribution in [0, 0.1) is 0 Å². The topological polar surface area (TPSA) is 26.3 Å². The average molecular weight is 225 g/mol. The molecule has 15 heavy (non-hydrogen) atoms. The first-order valence-corrected chi connectivity index (χ1v) is 5.50. The molecular formula is C12H13ClO2. The Labute approximate surface area is 94.2 Å². The molecule has 0 atom stereocenters. The van der Waals surface area contributed by atoms with Crippen molar-refractivity contribution >= 4 is 17.4 Å². The van der Waals surface area contributed by atoms with Gasteiger partial charge in [-0.25, -0.2) is 0 Å². The number of ketones is 1. The zero-order valence-corrected chi connectivity index (χ0v) is 9.43. The number of hydrogen-bond donors (Lipinski definition) is 0. The zero-order chi connectivity index (χ0) is 10.8. The Bertz CT molecular complexity index is 399. The van der Waals surface area contributed by atoms with Crippen LogP contribution in [0.3, 0.4) is 0 Å². The van der Waals surface area contributed by atoms with Crippen LogP contribution in [0.4, 0.5) is 0 Å². The van der Waals surface area contributed by atoms with Crippen LogP contribution < -0.4 is 4.74 Å². The normalized spacial score (nSPS) is 15.7. The number of methoxy groups -OCH3 is 1. The minimum Gasteiger partial charge on any atom is -0.496 e. The molecule has 0 aromatic heterocycles. The molecule has 0 saturated heterocycles. The fourth-order valence-corrected chi connectivity index (χ4v) is 2.23. The molecule has 1 aliphatic carbocycles. The van der Waals surface area contributed by atoms with E-state index in [-0.39, 0.29) is 5.78 Å². The molecule has 80 valence electrons. The van der Waals surface area contributed by atoms with Gasteiger partial charge in [-0.15, -0.1) is 0 Å². The van der Waals surface area contributed by atoms with E-state index in [0.717, 1.165) is 36.1 Å². The monoisotopic (exact) mass is 224 g/mol. The van der Waals surface area contributed by atoms with Gasteiger partial charge in [0.15, 0.2) is 5.78 Å². The van der Waals surface area contributed by atoms with Crippen molar-refractivity contribution in [2.24, 2.45) is 0 Å². The van der Waals surface area contributed by atoms with Gasteiger partial charge in [0.05, 0.1) is 7.11 Å². The summed E-state index contributed by atoms with van der Waals surface area (Å²) in [4.78, 5) is 11.8. The van der Waals surface area contributed by atoms with E-state index in [1.807, 2.05) is 0 Å². The quantitative estimate of drug-likeness (QED) is 0.685. The lowest BCUT2D eigenvalue weighted by Gasteiger charge is -2.11. The Balaban J connectivity index is 2.58. The Kier molecular flexibility index (Phi) is 2.96. The summed E-state index contributed by atoms with van der Waals surface area (Å²) >= 11 is 5.95. The molecule has 2 nitrogen and oxygen atoms in total. The summed E-state index contributed by atoms with van der Waals surface area (Å²) in [7, 11) is 1.61. The summed E-state index contributed by atoms with van der Waals surface area (Å²) < 4.78 is 5.26. The molecule has 0 aliphatic heterocycles. The van der Waals surface area contributed by atoms with Crippen LogP contribution >= 0.6 is 11.6 Å². The van der Waals surface area contributed by atoms with Crippen molar-refractivity contribution in [3.8, 4) is 5.75 Å². The van der Waals surface area contributed by atoms with Crippen molar-refractivity contribution in [1.82, 2.24) is 0 Å². The van der Waals surface area contributed by atoms with E-state index in [9.17, 15) is 4.79 Å². The lowest BCUT2D eigenvalue weighted by Crippen LogP contribution is -2.02. The standard InChI is InChI=1S/C12H13ClO2/c1-15-12-7-8(13)6-10-9(12)4-2-3-5-11(10)14/h6-7H,2-5H2,1H3. The number of carbonyl (C=O) groups excluding carboxylic acids is 1. The van der Waals surface area contributed by atoms with Crippen LogP contribution in [-0.4, -0.2) is 12.9 Å². The molecule has 1 aromatic carbocycles. The van der Waals surface area contributed by atoms with Gasteiger partial charge in [0.1, 0.15) is 5.75 Å². The fraction of sp³-hybridized carbons (Fsp3) is 0.417. The van der Waals surface area contributed by atoms with Gasteiger partial charge in [0.2, 0.25) is 0 Å². The highest BCUT2D eigenvalue weighted by Gasteiger charge is 2.19. The van der Waals surface area contributed by atoms with Crippen molar-refractivity contribution in [1.29, 1.82) is 0 Å². The molecule has 2 rings (SSSR count). The molecule has 3 heteroatoms. The molecular weight excluding hydrogens is 212 g/mol. The summed E-state index contributed by atoms with van der Waals surface area (Å²) in [6.07, 6.45) is 3.52. The smallest absolute Gasteiger partial charge is 0.163 e. The first-order chi connectivity index (χ1) is 7.22. The third-order valence-corrected chi connectivity index (χ3v) is 2.99. The van der Waals surface area contributed by atoms with E-state index in [2.05, 4.69) is 0 Å². The lowest BCUT2D eigenvalue weighted by molar-refractivity contribution is 0.0981. The Morgan fingerprint density at radius 2 is 2.00 bits per heavy atom. The van der Waals surface area contributed by atoms with Crippen LogP contribution in [0.1, 0.15) is 35.2 Å². The SMILES string of the molecule is COc1cc(Cl)cc2c1CCCCC2=O. The van der Waals surface area contributed by atoms with Gasteiger partial charge >= 0.3 is 0 Å². The molecule has 1 aliphatic rings. The number of ether oxygens (including phenoxy) is 1. The summed E-state index contributed by atoms with van der Waals surface area (Å²) in [6, 6.07) is 3.53. The molecule has 1 aromatic rings. The molecule has 0 unspecified atom stereocenters. The second-order valence-electron chi connectivity index (χ2n) is 3.76. The molecule has 0 bridgehead atoms. The number of hydrogen-bond acceptors (Lipinski definition) is 2. The molecule has 0 radical (unpaired) electrons. The maximum absolute atomic E-state index is 11.8. The van der Waals surface area contributed by atoms with Crippen molar-refractivity contribution in [3.05, 3.63) is 28.3 Å². The highest BCUT2D eigenvalue weighted by molar-refractivity contribution is 6.31. The Morgan fingerprint density at radius 3 is 2.73 bits per heavy atom. The number of Topliss-reactive ketones (excluding diaryl/α,β-unsaturated/α-hetero) is 1. The maximum Gasteiger partial charge on any atom is 0.163 e. The Hall–Kier alpha value is -1.02. The molecule has 0 amide bonds. The van der Waals surface area contributed by atoms with Gasteiger partial charge in [0.25, 0.3) is 0 Å². The van der Waals surface area contributed by atoms with E-state index in [1.54, 1.807) is 19.2 Å². The number of fused-ring (bicyclic) bond motifs is 1. The van der Waals surface area contributed by atoms with Gasteiger partial charge in [0, 0.05) is 22.6 Å². The predicted octanol–water partition coefficient (Wildman–Crippen LogP) is 3.26. The van der Waals surface area contributed by atoms with E-state index in [4.69, 9.17) is 16.3 Å². The van der Waals surface area contributed by atoms with Gasteiger partial charge in [-0.1, -0.05) is 11.6 Å².